The molecule has 1 fully saturated rings. The lowest BCUT2D eigenvalue weighted by molar-refractivity contribution is -0.141. The summed E-state index contributed by atoms with van der Waals surface area (Å²) in [7, 11) is 0. The first-order valence-corrected chi connectivity index (χ1v) is 8.27. The molecule has 2 amide bonds. The molecule has 2 aliphatic heterocycles. The van der Waals surface area contributed by atoms with E-state index in [2.05, 4.69) is 10.3 Å². The van der Waals surface area contributed by atoms with Gasteiger partial charge >= 0.3 is 5.97 Å². The minimum atomic E-state index is -0.646. The molecule has 26 heavy (non-hydrogen) atoms. The van der Waals surface area contributed by atoms with Crippen molar-refractivity contribution in [2.75, 3.05) is 13.2 Å². The Hall–Kier alpha value is -3.10. The number of nitrogens with one attached hydrogen (secondary N) is 1. The van der Waals surface area contributed by atoms with Crippen molar-refractivity contribution in [2.24, 2.45) is 10.7 Å². The fraction of sp³-hybridized carbons (Fsp3) is 0.412. The van der Waals surface area contributed by atoms with Gasteiger partial charge in [-0.3, -0.25) is 19.7 Å². The number of aliphatic imine (C=N–C) groups is 1. The largest absolute Gasteiger partial charge is 0.493 e. The third kappa shape index (κ3) is 3.93. The van der Waals surface area contributed by atoms with Crippen molar-refractivity contribution in [3.05, 3.63) is 23.8 Å². The van der Waals surface area contributed by atoms with Gasteiger partial charge in [-0.05, 0) is 18.2 Å². The summed E-state index contributed by atoms with van der Waals surface area (Å²) in [6.07, 6.45) is 0.525. The van der Waals surface area contributed by atoms with E-state index in [1.54, 1.807) is 11.0 Å². The van der Waals surface area contributed by atoms with E-state index in [-0.39, 0.29) is 18.3 Å². The quantitative estimate of drug-likeness (QED) is 0.529. The Morgan fingerprint density at radius 1 is 1.38 bits per heavy atom. The maximum absolute atomic E-state index is 12.0. The van der Waals surface area contributed by atoms with E-state index in [1.807, 2.05) is 12.1 Å². The number of benzene rings is 1. The highest BCUT2D eigenvalue weighted by atomic mass is 16.5. The molecule has 0 saturated carbocycles. The van der Waals surface area contributed by atoms with Crippen LogP contribution in [0, 0.1) is 0 Å². The number of hydrogen-bond acceptors (Lipinski definition) is 7. The standard InChI is InChI=1S/C17H20N4O5/c1-10(22)25-5-2-6-26-12-3-4-13-11(7-12)9-21-14(8-15(18)23)16(24)20-17(21)19-13/h3-4,7,14H,2,5-6,8-9H2,1H3,(H2,18,23)(H,19,20,24). The van der Waals surface area contributed by atoms with Gasteiger partial charge < -0.3 is 20.1 Å². The van der Waals surface area contributed by atoms with Gasteiger partial charge in [0, 0.05) is 25.5 Å². The van der Waals surface area contributed by atoms with Crippen LogP contribution in [0.1, 0.15) is 25.3 Å². The second-order valence-corrected chi connectivity index (χ2v) is 6.07. The van der Waals surface area contributed by atoms with E-state index in [1.165, 1.54) is 6.92 Å². The van der Waals surface area contributed by atoms with Gasteiger partial charge in [0.05, 0.1) is 25.3 Å². The van der Waals surface area contributed by atoms with Gasteiger partial charge in [-0.15, -0.1) is 0 Å². The normalized spacial score (nSPS) is 17.7. The van der Waals surface area contributed by atoms with Crippen LogP contribution < -0.4 is 15.8 Å². The summed E-state index contributed by atoms with van der Waals surface area (Å²) in [5.74, 6) is -0.0370. The number of fused-ring (bicyclic) bond motifs is 2. The number of primary amides is 1. The van der Waals surface area contributed by atoms with Gasteiger partial charge in [0.15, 0.2) is 0 Å². The number of guanidine groups is 1. The van der Waals surface area contributed by atoms with Crippen LogP contribution in [0.15, 0.2) is 23.2 Å². The van der Waals surface area contributed by atoms with E-state index in [9.17, 15) is 14.4 Å². The van der Waals surface area contributed by atoms with Crippen molar-refractivity contribution in [2.45, 2.75) is 32.4 Å². The highest BCUT2D eigenvalue weighted by Crippen LogP contribution is 2.32. The first kappa shape index (κ1) is 17.7. The first-order chi connectivity index (χ1) is 12.4. The molecule has 138 valence electrons. The number of rotatable bonds is 7. The van der Waals surface area contributed by atoms with Gasteiger partial charge in [0.2, 0.25) is 17.8 Å². The maximum atomic E-state index is 12.0. The van der Waals surface area contributed by atoms with Crippen LogP contribution in [-0.2, 0) is 25.7 Å². The molecule has 1 aromatic carbocycles. The summed E-state index contributed by atoms with van der Waals surface area (Å²) in [5, 5.41) is 2.68. The summed E-state index contributed by atoms with van der Waals surface area (Å²) < 4.78 is 10.5. The molecule has 1 atom stereocenters. The van der Waals surface area contributed by atoms with E-state index in [4.69, 9.17) is 15.2 Å². The molecule has 1 saturated heterocycles. The zero-order valence-corrected chi connectivity index (χ0v) is 14.4. The van der Waals surface area contributed by atoms with E-state index in [0.717, 1.165) is 11.3 Å². The lowest BCUT2D eigenvalue weighted by Crippen LogP contribution is -2.39. The number of amides is 2. The smallest absolute Gasteiger partial charge is 0.302 e. The Bertz CT molecular complexity index is 776. The molecule has 0 spiro atoms. The van der Waals surface area contributed by atoms with Crippen LogP contribution in [0.5, 0.6) is 5.75 Å². The molecule has 2 aliphatic rings. The molecule has 3 rings (SSSR count). The fourth-order valence-electron chi connectivity index (χ4n) is 2.87. The Balaban J connectivity index is 1.65. The third-order valence-electron chi connectivity index (χ3n) is 4.06. The molecule has 3 N–H and O–H groups in total. The van der Waals surface area contributed by atoms with Crippen LogP contribution in [0.2, 0.25) is 0 Å². The monoisotopic (exact) mass is 360 g/mol. The number of hydrogen-bond donors (Lipinski definition) is 2. The molecule has 0 radical (unpaired) electrons. The van der Waals surface area contributed by atoms with Crippen LogP contribution >= 0.6 is 0 Å². The van der Waals surface area contributed by atoms with Crippen molar-refractivity contribution in [1.82, 2.24) is 10.2 Å². The lowest BCUT2D eigenvalue weighted by atomic mass is 10.1. The highest BCUT2D eigenvalue weighted by molar-refractivity contribution is 6.09. The van der Waals surface area contributed by atoms with Gasteiger partial charge in [0.25, 0.3) is 0 Å². The summed E-state index contributed by atoms with van der Waals surface area (Å²) in [6.45, 7) is 2.51. The summed E-state index contributed by atoms with van der Waals surface area (Å²) in [6, 6.07) is 4.81. The Morgan fingerprint density at radius 3 is 2.92 bits per heavy atom. The molecule has 2 heterocycles. The molecule has 1 unspecified atom stereocenters. The number of nitrogens with two attached hydrogens (primary N) is 1. The number of carbonyl (C=O) groups excluding carboxylic acids is 3. The molecule has 0 bridgehead atoms. The minimum absolute atomic E-state index is 0.0630. The van der Waals surface area contributed by atoms with Crippen LogP contribution in [0.3, 0.4) is 0 Å². The van der Waals surface area contributed by atoms with Gasteiger partial charge in [0.1, 0.15) is 11.8 Å². The molecule has 9 heteroatoms. The third-order valence-corrected chi connectivity index (χ3v) is 4.06. The Labute approximate surface area is 150 Å². The zero-order valence-electron chi connectivity index (χ0n) is 14.4. The SMILES string of the molecule is CC(=O)OCCCOc1ccc2c(c1)CN1C(=N2)NC(=O)C1CC(N)=O. The van der Waals surface area contributed by atoms with E-state index < -0.39 is 11.9 Å². The zero-order chi connectivity index (χ0) is 18.7. The number of esters is 1. The topological polar surface area (TPSA) is 123 Å². The van der Waals surface area contributed by atoms with Crippen LogP contribution in [-0.4, -0.2) is 47.9 Å². The fourth-order valence-corrected chi connectivity index (χ4v) is 2.87. The average Bonchev–Trinajstić information content (AvgIpc) is 2.86. The number of ether oxygens (including phenoxy) is 2. The predicted molar refractivity (Wildman–Crippen MR) is 91.6 cm³/mol. The molecular weight excluding hydrogens is 340 g/mol. The van der Waals surface area contributed by atoms with Crippen LogP contribution in [0.25, 0.3) is 0 Å². The Morgan fingerprint density at radius 2 is 2.19 bits per heavy atom. The van der Waals surface area contributed by atoms with Crippen molar-refractivity contribution in [1.29, 1.82) is 0 Å². The van der Waals surface area contributed by atoms with Crippen molar-refractivity contribution >= 4 is 29.4 Å². The minimum Gasteiger partial charge on any atom is -0.493 e. The number of nitrogens with zero attached hydrogens (tertiary/aromatic N) is 2. The van der Waals surface area contributed by atoms with Gasteiger partial charge in [-0.1, -0.05) is 0 Å². The number of carbonyl (C=O) groups is 3. The van der Waals surface area contributed by atoms with Gasteiger partial charge in [-0.2, -0.15) is 0 Å². The second kappa shape index (κ2) is 7.42. The molecule has 0 aliphatic carbocycles. The second-order valence-electron chi connectivity index (χ2n) is 6.07. The van der Waals surface area contributed by atoms with Crippen molar-refractivity contribution < 1.29 is 23.9 Å². The Kier molecular flexibility index (Phi) is 5.06. The lowest BCUT2D eigenvalue weighted by Gasteiger charge is -2.27. The van der Waals surface area contributed by atoms with E-state index >= 15 is 0 Å². The molecule has 0 aromatic heterocycles. The first-order valence-electron chi connectivity index (χ1n) is 8.27. The summed E-state index contributed by atoms with van der Waals surface area (Å²) >= 11 is 0. The molecule has 1 aromatic rings. The van der Waals surface area contributed by atoms with E-state index in [0.29, 0.717) is 37.9 Å². The van der Waals surface area contributed by atoms with Crippen LogP contribution in [0.4, 0.5) is 5.69 Å². The predicted octanol–water partition coefficient (Wildman–Crippen LogP) is 0.196. The molecular formula is C17H20N4O5. The molecule has 9 nitrogen and oxygen atoms in total. The van der Waals surface area contributed by atoms with Crippen molar-refractivity contribution in [3.8, 4) is 5.75 Å². The van der Waals surface area contributed by atoms with Gasteiger partial charge in [-0.25, -0.2) is 4.99 Å². The highest BCUT2D eigenvalue weighted by Gasteiger charge is 2.39. The summed E-state index contributed by atoms with van der Waals surface area (Å²) in [5.41, 5.74) is 6.86. The average molecular weight is 360 g/mol. The van der Waals surface area contributed by atoms with Crippen molar-refractivity contribution in [3.63, 3.8) is 0 Å². The summed E-state index contributed by atoms with van der Waals surface area (Å²) in [4.78, 5) is 40.1. The maximum Gasteiger partial charge on any atom is 0.302 e.